The molecule has 1 unspecified atom stereocenters. The first-order valence-electron chi connectivity index (χ1n) is 7.04. The van der Waals surface area contributed by atoms with Crippen LogP contribution in [0.4, 0.5) is 0 Å². The summed E-state index contributed by atoms with van der Waals surface area (Å²) in [6, 6.07) is 0.372. The Balaban J connectivity index is 2.21. The molecule has 1 fully saturated rings. The molecule has 2 aromatic heterocycles. The lowest BCUT2D eigenvalue weighted by Crippen LogP contribution is -2.30. The van der Waals surface area contributed by atoms with Crippen LogP contribution in [0, 0.1) is 10.2 Å². The minimum atomic E-state index is 0.226. The highest BCUT2D eigenvalue weighted by atomic mass is 32.1. The molecule has 108 valence electrons. The van der Waals surface area contributed by atoms with Gasteiger partial charge in [0.15, 0.2) is 10.4 Å². The van der Waals surface area contributed by atoms with E-state index in [9.17, 15) is 0 Å². The van der Waals surface area contributed by atoms with Crippen molar-refractivity contribution in [3.05, 3.63) is 11.1 Å². The molecule has 1 atom stereocenters. The third-order valence-electron chi connectivity index (χ3n) is 4.43. The number of nitrogens with zero attached hydrogens (tertiary/aromatic N) is 3. The molecule has 20 heavy (non-hydrogen) atoms. The van der Waals surface area contributed by atoms with Crippen LogP contribution in [0.15, 0.2) is 6.33 Å². The highest BCUT2D eigenvalue weighted by Gasteiger charge is 2.35. The van der Waals surface area contributed by atoms with Crippen molar-refractivity contribution >= 4 is 23.4 Å². The molecule has 2 aromatic rings. The molecule has 6 heteroatoms. The molecule has 1 aliphatic carbocycles. The molecule has 3 rings (SSSR count). The van der Waals surface area contributed by atoms with E-state index in [1.165, 1.54) is 25.6 Å². The second kappa shape index (κ2) is 4.84. The van der Waals surface area contributed by atoms with Crippen molar-refractivity contribution in [3.63, 3.8) is 0 Å². The molecule has 0 aliphatic heterocycles. The maximum atomic E-state index is 5.53. The van der Waals surface area contributed by atoms with Crippen LogP contribution in [0.1, 0.15) is 45.6 Å². The third kappa shape index (κ3) is 2.02. The van der Waals surface area contributed by atoms with Crippen molar-refractivity contribution in [1.82, 2.24) is 19.5 Å². The van der Waals surface area contributed by atoms with Gasteiger partial charge in [-0.2, -0.15) is 4.98 Å². The van der Waals surface area contributed by atoms with E-state index in [1.54, 1.807) is 7.11 Å². The standard InChI is InChI=1S/C14H20N4OS/c1-14(2)7-5-4-6-9(14)18-11-10(17-13(18)20)12(19-3)16-8-15-11/h8-9H,4-7H2,1-3H3,(H,17,20). The Labute approximate surface area is 123 Å². The first-order valence-corrected chi connectivity index (χ1v) is 7.44. The molecule has 0 radical (unpaired) electrons. The lowest BCUT2D eigenvalue weighted by Gasteiger charge is -2.39. The zero-order valence-corrected chi connectivity index (χ0v) is 13.0. The minimum absolute atomic E-state index is 0.226. The number of H-pyrrole nitrogens is 1. The lowest BCUT2D eigenvalue weighted by molar-refractivity contribution is 0.146. The number of fused-ring (bicyclic) bond motifs is 1. The van der Waals surface area contributed by atoms with E-state index in [2.05, 4.69) is 33.4 Å². The predicted octanol–water partition coefficient (Wildman–Crippen LogP) is 3.64. The predicted molar refractivity (Wildman–Crippen MR) is 80.6 cm³/mol. The van der Waals surface area contributed by atoms with E-state index < -0.39 is 0 Å². The molecule has 5 nitrogen and oxygen atoms in total. The minimum Gasteiger partial charge on any atom is -0.479 e. The van der Waals surface area contributed by atoms with Crippen molar-refractivity contribution in [2.45, 2.75) is 45.6 Å². The van der Waals surface area contributed by atoms with Gasteiger partial charge in [0.1, 0.15) is 11.8 Å². The fourth-order valence-electron chi connectivity index (χ4n) is 3.31. The van der Waals surface area contributed by atoms with Crippen LogP contribution >= 0.6 is 12.2 Å². The quantitative estimate of drug-likeness (QED) is 0.859. The number of hydrogen-bond acceptors (Lipinski definition) is 4. The van der Waals surface area contributed by atoms with E-state index in [0.29, 0.717) is 16.7 Å². The molecule has 1 N–H and O–H groups in total. The van der Waals surface area contributed by atoms with Crippen molar-refractivity contribution < 1.29 is 4.74 Å². The second-order valence-corrected chi connectivity index (χ2v) is 6.52. The van der Waals surface area contributed by atoms with Crippen LogP contribution in [0.2, 0.25) is 0 Å². The Hall–Kier alpha value is -1.43. The summed E-state index contributed by atoms with van der Waals surface area (Å²) in [5.41, 5.74) is 1.87. The summed E-state index contributed by atoms with van der Waals surface area (Å²) in [6.07, 6.45) is 6.42. The van der Waals surface area contributed by atoms with Gasteiger partial charge in [0, 0.05) is 6.04 Å². The summed E-state index contributed by atoms with van der Waals surface area (Å²) in [5.74, 6) is 0.550. The number of aromatic nitrogens is 4. The molecule has 0 amide bonds. The Morgan fingerprint density at radius 2 is 2.20 bits per heavy atom. The van der Waals surface area contributed by atoms with Gasteiger partial charge in [0.25, 0.3) is 0 Å². The van der Waals surface area contributed by atoms with E-state index in [-0.39, 0.29) is 5.41 Å². The summed E-state index contributed by atoms with van der Waals surface area (Å²) in [5, 5.41) is 0. The maximum Gasteiger partial charge on any atom is 0.242 e. The summed E-state index contributed by atoms with van der Waals surface area (Å²) in [4.78, 5) is 11.8. The van der Waals surface area contributed by atoms with Crippen LogP contribution in [0.25, 0.3) is 11.2 Å². The van der Waals surface area contributed by atoms with E-state index in [0.717, 1.165) is 17.6 Å². The smallest absolute Gasteiger partial charge is 0.242 e. The average Bonchev–Trinajstić information content (AvgIpc) is 2.74. The normalized spacial score (nSPS) is 22.1. The highest BCUT2D eigenvalue weighted by Crippen LogP contribution is 2.45. The van der Waals surface area contributed by atoms with Crippen LogP contribution in [-0.2, 0) is 0 Å². The number of hydrogen-bond donors (Lipinski definition) is 1. The zero-order chi connectivity index (χ0) is 14.3. The monoisotopic (exact) mass is 292 g/mol. The van der Waals surface area contributed by atoms with Gasteiger partial charge in [-0.15, -0.1) is 0 Å². The summed E-state index contributed by atoms with van der Waals surface area (Å²) >= 11 is 5.53. The van der Waals surface area contributed by atoms with Crippen LogP contribution in [-0.4, -0.2) is 26.6 Å². The average molecular weight is 292 g/mol. The largest absolute Gasteiger partial charge is 0.479 e. The number of ether oxygens (including phenoxy) is 1. The Morgan fingerprint density at radius 1 is 1.40 bits per heavy atom. The summed E-state index contributed by atoms with van der Waals surface area (Å²) < 4.78 is 8.16. The fourth-order valence-corrected chi connectivity index (χ4v) is 3.63. The van der Waals surface area contributed by atoms with Gasteiger partial charge in [-0.25, -0.2) is 4.98 Å². The van der Waals surface area contributed by atoms with Crippen LogP contribution in [0.5, 0.6) is 5.88 Å². The molecule has 0 saturated heterocycles. The fraction of sp³-hybridized carbons (Fsp3) is 0.643. The van der Waals surface area contributed by atoms with E-state index in [1.807, 2.05) is 0 Å². The number of rotatable bonds is 2. The molecule has 1 saturated carbocycles. The molecule has 2 heterocycles. The highest BCUT2D eigenvalue weighted by molar-refractivity contribution is 7.71. The van der Waals surface area contributed by atoms with Gasteiger partial charge in [-0.3, -0.25) is 4.57 Å². The zero-order valence-electron chi connectivity index (χ0n) is 12.1. The number of methoxy groups -OCH3 is 1. The van der Waals surface area contributed by atoms with Crippen LogP contribution in [0.3, 0.4) is 0 Å². The third-order valence-corrected chi connectivity index (χ3v) is 4.73. The molecule has 0 bridgehead atoms. The maximum absolute atomic E-state index is 5.53. The van der Waals surface area contributed by atoms with Crippen molar-refractivity contribution in [2.75, 3.05) is 7.11 Å². The number of nitrogens with one attached hydrogen (secondary N) is 1. The van der Waals surface area contributed by atoms with Crippen molar-refractivity contribution in [1.29, 1.82) is 0 Å². The first-order chi connectivity index (χ1) is 9.54. The van der Waals surface area contributed by atoms with Gasteiger partial charge < -0.3 is 9.72 Å². The molecular weight excluding hydrogens is 272 g/mol. The SMILES string of the molecule is COc1ncnc2c1[nH]c(=S)n2C1CCCCC1(C)C. The Morgan fingerprint density at radius 3 is 2.90 bits per heavy atom. The van der Waals surface area contributed by atoms with E-state index >= 15 is 0 Å². The van der Waals surface area contributed by atoms with Gasteiger partial charge in [-0.05, 0) is 30.5 Å². The topological polar surface area (TPSA) is 55.7 Å². The van der Waals surface area contributed by atoms with Crippen molar-refractivity contribution in [3.8, 4) is 5.88 Å². The van der Waals surface area contributed by atoms with E-state index in [4.69, 9.17) is 17.0 Å². The molecule has 0 aromatic carbocycles. The molecule has 0 spiro atoms. The van der Waals surface area contributed by atoms with Gasteiger partial charge >= 0.3 is 0 Å². The van der Waals surface area contributed by atoms with Crippen LogP contribution < -0.4 is 4.74 Å². The summed E-state index contributed by atoms with van der Waals surface area (Å²) in [6.45, 7) is 4.63. The number of aromatic amines is 1. The van der Waals surface area contributed by atoms with Gasteiger partial charge in [0.05, 0.1) is 7.11 Å². The second-order valence-electron chi connectivity index (χ2n) is 6.13. The molecular formula is C14H20N4OS. The Kier molecular flexibility index (Phi) is 3.28. The van der Waals surface area contributed by atoms with Crippen molar-refractivity contribution in [2.24, 2.45) is 5.41 Å². The first kappa shape index (κ1) is 13.5. The molecule has 1 aliphatic rings. The summed E-state index contributed by atoms with van der Waals surface area (Å²) in [7, 11) is 1.61. The number of imidazole rings is 1. The van der Waals surface area contributed by atoms with Gasteiger partial charge in [-0.1, -0.05) is 26.7 Å². The lowest BCUT2D eigenvalue weighted by atomic mass is 9.73. The Bertz CT molecular complexity index is 688. The van der Waals surface area contributed by atoms with Gasteiger partial charge in [0.2, 0.25) is 5.88 Å².